The highest BCUT2D eigenvalue weighted by Gasteiger charge is 2.16. The predicted molar refractivity (Wildman–Crippen MR) is 84.1 cm³/mol. The first kappa shape index (κ1) is 13.8. The van der Waals surface area contributed by atoms with Crippen molar-refractivity contribution < 1.29 is 8.42 Å². The number of hydrogen-bond acceptors (Lipinski definition) is 3. The summed E-state index contributed by atoms with van der Waals surface area (Å²) in [7, 11) is -3.30. The molecular weight excluding hydrogens is 284 g/mol. The van der Waals surface area contributed by atoms with Crippen molar-refractivity contribution in [1.82, 2.24) is 9.97 Å². The zero-order chi connectivity index (χ0) is 15.2. The summed E-state index contributed by atoms with van der Waals surface area (Å²) in [6.45, 7) is 4.08. The van der Waals surface area contributed by atoms with Gasteiger partial charge in [0.2, 0.25) is 0 Å². The fourth-order valence-electron chi connectivity index (χ4n) is 2.44. The summed E-state index contributed by atoms with van der Waals surface area (Å²) >= 11 is 0. The minimum atomic E-state index is -3.30. The van der Waals surface area contributed by atoms with Crippen LogP contribution in [-0.4, -0.2) is 24.6 Å². The average Bonchev–Trinajstić information content (AvgIpc) is 2.84. The molecule has 5 heteroatoms. The highest BCUT2D eigenvalue weighted by atomic mass is 32.2. The molecule has 21 heavy (non-hydrogen) atoms. The van der Waals surface area contributed by atoms with Crippen molar-refractivity contribution in [2.45, 2.75) is 18.7 Å². The summed E-state index contributed by atoms with van der Waals surface area (Å²) in [6.07, 6.45) is 1.20. The van der Waals surface area contributed by atoms with Crippen molar-refractivity contribution in [3.05, 3.63) is 47.5 Å². The summed E-state index contributed by atoms with van der Waals surface area (Å²) in [5.74, 6) is 0.697. The Morgan fingerprint density at radius 3 is 2.48 bits per heavy atom. The van der Waals surface area contributed by atoms with E-state index >= 15 is 0 Å². The van der Waals surface area contributed by atoms with E-state index in [1.54, 1.807) is 12.1 Å². The summed E-state index contributed by atoms with van der Waals surface area (Å²) < 4.78 is 23.7. The number of benzene rings is 2. The molecule has 0 amide bonds. The lowest BCUT2D eigenvalue weighted by molar-refractivity contribution is 0.602. The van der Waals surface area contributed by atoms with Crippen molar-refractivity contribution in [2.75, 3.05) is 6.26 Å². The lowest BCUT2D eigenvalue weighted by atomic mass is 10.0. The Labute approximate surface area is 123 Å². The molecule has 0 aliphatic rings. The van der Waals surface area contributed by atoms with E-state index in [4.69, 9.17) is 0 Å². The lowest BCUT2D eigenvalue weighted by Crippen LogP contribution is -1.97. The molecule has 0 bridgehead atoms. The number of aromatic nitrogens is 2. The molecule has 0 unspecified atom stereocenters. The normalized spacial score (nSPS) is 12.0. The fraction of sp³-hybridized carbons (Fsp3) is 0.188. The Kier molecular flexibility index (Phi) is 3.10. The van der Waals surface area contributed by atoms with Crippen LogP contribution >= 0.6 is 0 Å². The van der Waals surface area contributed by atoms with Crippen LogP contribution in [0.4, 0.5) is 0 Å². The molecular formula is C16H16N2O2S. The van der Waals surface area contributed by atoms with Gasteiger partial charge in [0.1, 0.15) is 11.3 Å². The SMILES string of the molecule is Cc1cccc(-c2nc3c(S(C)(=O)=O)cccc3[nH]2)c1C. The maximum absolute atomic E-state index is 11.9. The van der Waals surface area contributed by atoms with Gasteiger partial charge in [0, 0.05) is 11.8 Å². The highest BCUT2D eigenvalue weighted by molar-refractivity contribution is 7.91. The second-order valence-corrected chi connectivity index (χ2v) is 7.24. The average molecular weight is 300 g/mol. The van der Waals surface area contributed by atoms with E-state index in [9.17, 15) is 8.42 Å². The van der Waals surface area contributed by atoms with Crippen LogP contribution < -0.4 is 0 Å². The van der Waals surface area contributed by atoms with Gasteiger partial charge in [-0.1, -0.05) is 24.3 Å². The van der Waals surface area contributed by atoms with Crippen LogP contribution in [0.2, 0.25) is 0 Å². The maximum atomic E-state index is 11.9. The van der Waals surface area contributed by atoms with Crippen molar-refractivity contribution >= 4 is 20.9 Å². The zero-order valence-electron chi connectivity index (χ0n) is 12.1. The minimum absolute atomic E-state index is 0.257. The van der Waals surface area contributed by atoms with E-state index in [1.165, 1.54) is 11.8 Å². The Hall–Kier alpha value is -2.14. The number of para-hydroxylation sites is 1. The Morgan fingerprint density at radius 1 is 1.05 bits per heavy atom. The number of nitrogens with zero attached hydrogens (tertiary/aromatic N) is 1. The molecule has 0 radical (unpaired) electrons. The molecule has 0 saturated carbocycles. The molecule has 1 heterocycles. The number of imidazole rings is 1. The number of aryl methyl sites for hydroxylation is 1. The van der Waals surface area contributed by atoms with E-state index in [1.807, 2.05) is 38.1 Å². The molecule has 0 saturated heterocycles. The van der Waals surface area contributed by atoms with Gasteiger partial charge in [0.25, 0.3) is 0 Å². The summed E-state index contributed by atoms with van der Waals surface area (Å²) in [5, 5.41) is 0. The van der Waals surface area contributed by atoms with Crippen LogP contribution in [0.25, 0.3) is 22.4 Å². The van der Waals surface area contributed by atoms with Gasteiger partial charge in [-0.15, -0.1) is 0 Å². The van der Waals surface area contributed by atoms with Crippen LogP contribution in [-0.2, 0) is 9.84 Å². The van der Waals surface area contributed by atoms with Crippen molar-refractivity contribution in [2.24, 2.45) is 0 Å². The molecule has 1 N–H and O–H groups in total. The maximum Gasteiger partial charge on any atom is 0.177 e. The van der Waals surface area contributed by atoms with Crippen LogP contribution in [0, 0.1) is 13.8 Å². The summed E-state index contributed by atoms with van der Waals surface area (Å²) in [4.78, 5) is 7.99. The Bertz CT molecular complexity index is 940. The quantitative estimate of drug-likeness (QED) is 0.790. The first-order chi connectivity index (χ1) is 9.88. The van der Waals surface area contributed by atoms with E-state index in [-0.39, 0.29) is 4.90 Å². The van der Waals surface area contributed by atoms with Gasteiger partial charge < -0.3 is 4.98 Å². The highest BCUT2D eigenvalue weighted by Crippen LogP contribution is 2.28. The number of sulfone groups is 1. The van der Waals surface area contributed by atoms with E-state index in [2.05, 4.69) is 9.97 Å². The van der Waals surface area contributed by atoms with Crippen molar-refractivity contribution in [3.63, 3.8) is 0 Å². The third-order valence-corrected chi connectivity index (χ3v) is 4.86. The number of fused-ring (bicyclic) bond motifs is 1. The number of aromatic amines is 1. The number of rotatable bonds is 2. The summed E-state index contributed by atoms with van der Waals surface area (Å²) in [6, 6.07) is 11.2. The van der Waals surface area contributed by atoms with Gasteiger partial charge in [0.05, 0.1) is 10.4 Å². The fourth-order valence-corrected chi connectivity index (χ4v) is 3.27. The topological polar surface area (TPSA) is 62.8 Å². The number of nitrogens with one attached hydrogen (secondary N) is 1. The van der Waals surface area contributed by atoms with Crippen LogP contribution in [0.1, 0.15) is 11.1 Å². The van der Waals surface area contributed by atoms with Crippen LogP contribution in [0.3, 0.4) is 0 Å². The zero-order valence-corrected chi connectivity index (χ0v) is 13.0. The molecule has 3 aromatic rings. The van der Waals surface area contributed by atoms with E-state index in [0.717, 1.165) is 16.6 Å². The van der Waals surface area contributed by atoms with E-state index in [0.29, 0.717) is 11.3 Å². The third kappa shape index (κ3) is 2.34. The lowest BCUT2D eigenvalue weighted by Gasteiger charge is -2.05. The Morgan fingerprint density at radius 2 is 1.76 bits per heavy atom. The minimum Gasteiger partial charge on any atom is -0.338 e. The van der Waals surface area contributed by atoms with Crippen LogP contribution in [0.5, 0.6) is 0 Å². The Balaban J connectivity index is 2.30. The van der Waals surface area contributed by atoms with E-state index < -0.39 is 9.84 Å². The molecule has 3 rings (SSSR count). The molecule has 0 aliphatic heterocycles. The molecule has 2 aromatic carbocycles. The molecule has 0 aliphatic carbocycles. The predicted octanol–water partition coefficient (Wildman–Crippen LogP) is 3.25. The third-order valence-electron chi connectivity index (χ3n) is 3.73. The van der Waals surface area contributed by atoms with Gasteiger partial charge in [-0.3, -0.25) is 0 Å². The second-order valence-electron chi connectivity index (χ2n) is 5.26. The van der Waals surface area contributed by atoms with Crippen LogP contribution in [0.15, 0.2) is 41.3 Å². The number of H-pyrrole nitrogens is 1. The molecule has 108 valence electrons. The molecule has 0 fully saturated rings. The van der Waals surface area contributed by atoms with Gasteiger partial charge in [-0.25, -0.2) is 13.4 Å². The van der Waals surface area contributed by atoms with Gasteiger partial charge in [0.15, 0.2) is 9.84 Å². The van der Waals surface area contributed by atoms with Gasteiger partial charge >= 0.3 is 0 Å². The largest absolute Gasteiger partial charge is 0.338 e. The monoisotopic (exact) mass is 300 g/mol. The van der Waals surface area contributed by atoms with Crippen molar-refractivity contribution in [1.29, 1.82) is 0 Å². The van der Waals surface area contributed by atoms with Crippen molar-refractivity contribution in [3.8, 4) is 11.4 Å². The smallest absolute Gasteiger partial charge is 0.177 e. The number of hydrogen-bond donors (Lipinski definition) is 1. The molecule has 0 spiro atoms. The second kappa shape index (κ2) is 4.70. The standard InChI is InChI=1S/C16H16N2O2S/c1-10-6-4-7-12(11(10)2)16-17-13-8-5-9-14(15(13)18-16)21(3,19)20/h4-9H,1-3H3,(H,17,18). The van der Waals surface area contributed by atoms with Gasteiger partial charge in [-0.05, 0) is 37.1 Å². The first-order valence-corrected chi connectivity index (χ1v) is 8.52. The van der Waals surface area contributed by atoms with Gasteiger partial charge in [-0.2, -0.15) is 0 Å². The summed E-state index contributed by atoms with van der Waals surface area (Å²) in [5.41, 5.74) is 4.53. The molecule has 1 aromatic heterocycles. The first-order valence-electron chi connectivity index (χ1n) is 6.63. The molecule has 4 nitrogen and oxygen atoms in total. The molecule has 0 atom stereocenters.